The molecule has 118 valence electrons. The van der Waals surface area contributed by atoms with Crippen molar-refractivity contribution in [1.82, 2.24) is 0 Å². The minimum atomic E-state index is -1.12. The van der Waals surface area contributed by atoms with E-state index in [9.17, 15) is 19.8 Å². The van der Waals surface area contributed by atoms with Gasteiger partial charge >= 0.3 is 0 Å². The van der Waals surface area contributed by atoms with Crippen LogP contribution in [0.1, 0.15) is 78.6 Å². The Bertz CT molecular complexity index is 295. The molecule has 0 spiro atoms. The van der Waals surface area contributed by atoms with Crippen LogP contribution in [0.3, 0.4) is 0 Å². The zero-order valence-corrected chi connectivity index (χ0v) is 13.1. The largest absolute Gasteiger partial charge is 0.550 e. The number of rotatable bonds is 12. The molecule has 0 radical (unpaired) electrons. The fraction of sp³-hybridized carbons (Fsp3) is 0.875. The molecule has 4 nitrogen and oxygen atoms in total. The molecule has 0 aromatic carbocycles. The van der Waals surface area contributed by atoms with Crippen molar-refractivity contribution in [3.05, 3.63) is 0 Å². The number of carboxylic acids is 2. The first-order valence-electron chi connectivity index (χ1n) is 7.84. The number of unbranched alkanes of at least 4 members (excludes halogenated alkanes) is 2. The summed E-state index contributed by atoms with van der Waals surface area (Å²) in [5, 5.41) is 22.0. The highest BCUT2D eigenvalue weighted by Crippen LogP contribution is 2.42. The Hall–Kier alpha value is -1.06. The number of carbonyl (C=O) groups excluding carboxylic acids is 2. The van der Waals surface area contributed by atoms with Gasteiger partial charge in [-0.1, -0.05) is 40.0 Å². The Morgan fingerprint density at radius 2 is 1.60 bits per heavy atom. The number of carboxylic acid groups (broad SMARTS) is 2. The van der Waals surface area contributed by atoms with Gasteiger partial charge in [0.1, 0.15) is 0 Å². The molecule has 0 rings (SSSR count). The Balaban J connectivity index is 4.83. The summed E-state index contributed by atoms with van der Waals surface area (Å²) in [7, 11) is 0. The van der Waals surface area contributed by atoms with Crippen molar-refractivity contribution in [2.75, 3.05) is 0 Å². The van der Waals surface area contributed by atoms with Crippen LogP contribution in [0.15, 0.2) is 0 Å². The second kappa shape index (κ2) is 9.78. The third-order valence-electron chi connectivity index (χ3n) is 4.58. The maximum absolute atomic E-state index is 11.5. The van der Waals surface area contributed by atoms with E-state index in [1.54, 1.807) is 0 Å². The van der Waals surface area contributed by atoms with Crippen LogP contribution in [0.2, 0.25) is 0 Å². The first-order chi connectivity index (χ1) is 9.43. The quantitative estimate of drug-likeness (QED) is 0.510. The lowest BCUT2D eigenvalue weighted by atomic mass is 9.66. The van der Waals surface area contributed by atoms with Gasteiger partial charge in [-0.3, -0.25) is 0 Å². The lowest BCUT2D eigenvalue weighted by Crippen LogP contribution is -2.43. The Morgan fingerprint density at radius 1 is 1.00 bits per heavy atom. The van der Waals surface area contributed by atoms with E-state index in [2.05, 4.69) is 6.92 Å². The van der Waals surface area contributed by atoms with Gasteiger partial charge in [0.05, 0.1) is 0 Å². The van der Waals surface area contributed by atoms with Gasteiger partial charge in [0.15, 0.2) is 0 Å². The van der Waals surface area contributed by atoms with Crippen LogP contribution in [0.25, 0.3) is 0 Å². The van der Waals surface area contributed by atoms with Gasteiger partial charge in [-0.25, -0.2) is 0 Å². The van der Waals surface area contributed by atoms with Crippen LogP contribution >= 0.6 is 0 Å². The predicted molar refractivity (Wildman–Crippen MR) is 74.5 cm³/mol. The second-order valence-electron chi connectivity index (χ2n) is 5.66. The molecule has 0 aromatic heterocycles. The molecule has 0 saturated heterocycles. The predicted octanol–water partition coefficient (Wildman–Crippen LogP) is 1.66. The molecule has 0 aliphatic carbocycles. The summed E-state index contributed by atoms with van der Waals surface area (Å²) < 4.78 is 0. The smallest absolute Gasteiger partial charge is 0.0450 e. The van der Waals surface area contributed by atoms with Crippen molar-refractivity contribution in [1.29, 1.82) is 0 Å². The number of hydrogen-bond donors (Lipinski definition) is 0. The standard InChI is InChI=1S/C16H30O4/c1-4-7-8-12-16(5-2,6-3)13(15(19)20)10-9-11-14(17)18/h13H,4-12H2,1-3H3,(H,17,18)(H,19,20)/p-2. The fourth-order valence-corrected chi connectivity index (χ4v) is 3.12. The highest BCUT2D eigenvalue weighted by molar-refractivity contribution is 5.69. The van der Waals surface area contributed by atoms with Crippen molar-refractivity contribution in [2.45, 2.75) is 78.6 Å². The number of hydrogen-bond acceptors (Lipinski definition) is 4. The topological polar surface area (TPSA) is 80.3 Å². The van der Waals surface area contributed by atoms with Crippen LogP contribution < -0.4 is 10.2 Å². The lowest BCUT2D eigenvalue weighted by Gasteiger charge is -2.41. The van der Waals surface area contributed by atoms with Crippen molar-refractivity contribution in [3.8, 4) is 0 Å². The van der Waals surface area contributed by atoms with E-state index in [0.717, 1.165) is 38.5 Å². The summed E-state index contributed by atoms with van der Waals surface area (Å²) >= 11 is 0. The summed E-state index contributed by atoms with van der Waals surface area (Å²) in [6.07, 6.45) is 6.29. The minimum absolute atomic E-state index is 0.0811. The molecule has 0 N–H and O–H groups in total. The first kappa shape index (κ1) is 18.9. The van der Waals surface area contributed by atoms with E-state index in [1.165, 1.54) is 0 Å². The molecule has 4 heteroatoms. The summed E-state index contributed by atoms with van der Waals surface area (Å²) in [4.78, 5) is 22.0. The van der Waals surface area contributed by atoms with Crippen LogP contribution in [0.4, 0.5) is 0 Å². The molecule has 0 aliphatic rings. The van der Waals surface area contributed by atoms with Gasteiger partial charge in [0.2, 0.25) is 0 Å². The fourth-order valence-electron chi connectivity index (χ4n) is 3.12. The summed E-state index contributed by atoms with van der Waals surface area (Å²) in [6.45, 7) is 6.16. The third kappa shape index (κ3) is 5.93. The molecular formula is C16H28O4-2. The number of carbonyl (C=O) groups is 2. The zero-order valence-electron chi connectivity index (χ0n) is 13.1. The maximum atomic E-state index is 11.5. The summed E-state index contributed by atoms with van der Waals surface area (Å²) in [5.74, 6) is -2.72. The van der Waals surface area contributed by atoms with Crippen molar-refractivity contribution in [2.24, 2.45) is 11.3 Å². The Labute approximate surface area is 122 Å². The van der Waals surface area contributed by atoms with Crippen LogP contribution in [-0.4, -0.2) is 11.9 Å². The van der Waals surface area contributed by atoms with Crippen LogP contribution in [-0.2, 0) is 9.59 Å². The van der Waals surface area contributed by atoms with Gasteiger partial charge in [-0.05, 0) is 43.9 Å². The highest BCUT2D eigenvalue weighted by Gasteiger charge is 2.35. The SMILES string of the molecule is CCCCCC(CC)(CC)C(CCCC(=O)[O-])C(=O)[O-]. The molecule has 0 fully saturated rings. The van der Waals surface area contributed by atoms with E-state index in [1.807, 2.05) is 13.8 Å². The van der Waals surface area contributed by atoms with E-state index in [0.29, 0.717) is 12.8 Å². The molecule has 0 bridgehead atoms. The Kier molecular flexibility index (Phi) is 9.26. The third-order valence-corrected chi connectivity index (χ3v) is 4.58. The molecule has 1 atom stereocenters. The van der Waals surface area contributed by atoms with E-state index in [4.69, 9.17) is 0 Å². The highest BCUT2D eigenvalue weighted by atomic mass is 16.4. The zero-order chi connectivity index (χ0) is 15.6. The van der Waals surface area contributed by atoms with Gasteiger partial charge in [-0.15, -0.1) is 0 Å². The molecule has 0 aliphatic heterocycles. The van der Waals surface area contributed by atoms with Crippen molar-refractivity contribution in [3.63, 3.8) is 0 Å². The van der Waals surface area contributed by atoms with Gasteiger partial charge in [0, 0.05) is 17.9 Å². The number of aliphatic carboxylic acids is 2. The molecule has 1 unspecified atom stereocenters. The van der Waals surface area contributed by atoms with E-state index >= 15 is 0 Å². The molecule has 0 saturated carbocycles. The summed E-state index contributed by atoms with van der Waals surface area (Å²) in [5.41, 5.74) is -0.264. The first-order valence-corrected chi connectivity index (χ1v) is 7.84. The van der Waals surface area contributed by atoms with E-state index in [-0.39, 0.29) is 11.8 Å². The maximum Gasteiger partial charge on any atom is 0.0450 e. The van der Waals surface area contributed by atoms with Gasteiger partial charge < -0.3 is 19.8 Å². The molecular weight excluding hydrogens is 256 g/mol. The van der Waals surface area contributed by atoms with Crippen LogP contribution in [0, 0.1) is 11.3 Å². The molecule has 0 heterocycles. The molecule has 0 aromatic rings. The minimum Gasteiger partial charge on any atom is -0.550 e. The lowest BCUT2D eigenvalue weighted by molar-refractivity contribution is -0.317. The normalized spacial score (nSPS) is 13.2. The van der Waals surface area contributed by atoms with Gasteiger partial charge in [-0.2, -0.15) is 0 Å². The average Bonchev–Trinajstić information content (AvgIpc) is 2.40. The van der Waals surface area contributed by atoms with Crippen molar-refractivity contribution < 1.29 is 19.8 Å². The average molecular weight is 284 g/mol. The summed E-state index contributed by atoms with van der Waals surface area (Å²) in [6, 6.07) is 0. The second-order valence-corrected chi connectivity index (χ2v) is 5.66. The Morgan fingerprint density at radius 3 is 2.00 bits per heavy atom. The molecule has 20 heavy (non-hydrogen) atoms. The van der Waals surface area contributed by atoms with Crippen LogP contribution in [0.5, 0.6) is 0 Å². The van der Waals surface area contributed by atoms with Gasteiger partial charge in [0.25, 0.3) is 0 Å². The molecule has 0 amide bonds. The monoisotopic (exact) mass is 284 g/mol. The van der Waals surface area contributed by atoms with E-state index < -0.39 is 17.9 Å². The van der Waals surface area contributed by atoms with Crippen molar-refractivity contribution >= 4 is 11.9 Å².